The molecular weight excluding hydrogens is 358 g/mol. The zero-order valence-corrected chi connectivity index (χ0v) is 15.1. The normalized spacial score (nSPS) is 14.0. The summed E-state index contributed by atoms with van der Waals surface area (Å²) < 4.78 is 57.2. The van der Waals surface area contributed by atoms with Crippen molar-refractivity contribution in [2.24, 2.45) is 0 Å². The second-order valence-electron chi connectivity index (χ2n) is 5.00. The van der Waals surface area contributed by atoms with E-state index < -0.39 is 25.1 Å². The third-order valence-electron chi connectivity index (χ3n) is 3.27. The zero-order valence-electron chi connectivity index (χ0n) is 12.6. The summed E-state index contributed by atoms with van der Waals surface area (Å²) in [4.78, 5) is 0. The monoisotopic (exact) mass is 377 g/mol. The largest absolute Gasteiger partial charge is 0.468 e. The van der Waals surface area contributed by atoms with Crippen molar-refractivity contribution >= 4 is 31.2 Å². The molecule has 1 N–H and O–H groups in total. The summed E-state index contributed by atoms with van der Waals surface area (Å²) in [5.41, 5.74) is 0. The van der Waals surface area contributed by atoms with Crippen molar-refractivity contribution in [1.29, 1.82) is 0 Å². The number of furan rings is 1. The minimum Gasteiger partial charge on any atom is -0.468 e. The average molecular weight is 378 g/mol. The lowest BCUT2D eigenvalue weighted by molar-refractivity contribution is 0.487. The molecule has 9 heteroatoms. The highest BCUT2D eigenvalue weighted by Crippen LogP contribution is 2.31. The maximum absolute atomic E-state index is 12.7. The number of rotatable bonds is 9. The summed E-state index contributed by atoms with van der Waals surface area (Å²) in [5.74, 6) is 0.199. The van der Waals surface area contributed by atoms with Gasteiger partial charge >= 0.3 is 0 Å². The van der Waals surface area contributed by atoms with E-state index in [0.717, 1.165) is 17.8 Å². The summed E-state index contributed by atoms with van der Waals surface area (Å²) in [6, 6.07) is 6.26. The van der Waals surface area contributed by atoms with E-state index in [1.807, 2.05) is 6.92 Å². The van der Waals surface area contributed by atoms with Gasteiger partial charge in [0.15, 0.2) is 9.84 Å². The molecule has 2 aromatic heterocycles. The number of nitrogens with one attached hydrogen (secondary N) is 1. The molecule has 1 atom stereocenters. The van der Waals surface area contributed by atoms with Gasteiger partial charge in [-0.05, 0) is 30.0 Å². The van der Waals surface area contributed by atoms with Gasteiger partial charge in [0.1, 0.15) is 15.2 Å². The van der Waals surface area contributed by atoms with Gasteiger partial charge < -0.3 is 4.42 Å². The molecule has 0 amide bonds. The summed E-state index contributed by atoms with van der Waals surface area (Å²) in [5, 5.41) is 0.574. The Morgan fingerprint density at radius 3 is 2.57 bits per heavy atom. The molecule has 0 bridgehead atoms. The van der Waals surface area contributed by atoms with E-state index in [-0.39, 0.29) is 22.3 Å². The third kappa shape index (κ3) is 4.66. The fourth-order valence-corrected chi connectivity index (χ4v) is 6.14. The van der Waals surface area contributed by atoms with Gasteiger partial charge in [-0.2, -0.15) is 0 Å². The highest BCUT2D eigenvalue weighted by molar-refractivity contribution is 7.93. The topological polar surface area (TPSA) is 93.4 Å². The molecule has 0 spiro atoms. The minimum absolute atomic E-state index is 0.0204. The van der Waals surface area contributed by atoms with Crippen molar-refractivity contribution in [1.82, 2.24) is 4.72 Å². The molecule has 0 fully saturated rings. The van der Waals surface area contributed by atoms with Crippen molar-refractivity contribution in [3.63, 3.8) is 0 Å². The number of hydrogen-bond donors (Lipinski definition) is 1. The molecule has 2 aromatic rings. The quantitative estimate of drug-likeness (QED) is 0.725. The molecule has 0 aliphatic rings. The van der Waals surface area contributed by atoms with Gasteiger partial charge in [-0.25, -0.2) is 21.6 Å². The van der Waals surface area contributed by atoms with E-state index in [4.69, 9.17) is 4.42 Å². The molecule has 6 nitrogen and oxygen atoms in total. The van der Waals surface area contributed by atoms with Crippen LogP contribution in [0.1, 0.15) is 30.8 Å². The van der Waals surface area contributed by atoms with Crippen molar-refractivity contribution in [2.75, 3.05) is 12.3 Å². The van der Waals surface area contributed by atoms with Gasteiger partial charge in [0.25, 0.3) is 0 Å². The lowest BCUT2D eigenvalue weighted by atomic mass is 10.3. The molecule has 2 rings (SSSR count). The van der Waals surface area contributed by atoms with Crippen molar-refractivity contribution in [3.05, 3.63) is 41.7 Å². The summed E-state index contributed by atoms with van der Waals surface area (Å²) >= 11 is 1.10. The minimum atomic E-state index is -3.73. The van der Waals surface area contributed by atoms with E-state index in [1.54, 1.807) is 17.5 Å². The molecule has 2 heterocycles. The van der Waals surface area contributed by atoms with E-state index in [1.165, 1.54) is 18.4 Å². The Kier molecular flexibility index (Phi) is 6.01. The van der Waals surface area contributed by atoms with Gasteiger partial charge in [-0.3, -0.25) is 0 Å². The Morgan fingerprint density at radius 1 is 1.22 bits per heavy atom. The Bertz CT molecular complexity index is 793. The number of unbranched alkanes of at least 4 members (excludes halogenated alkanes) is 1. The first-order chi connectivity index (χ1) is 10.9. The van der Waals surface area contributed by atoms with Crippen LogP contribution in [0.25, 0.3) is 0 Å². The summed E-state index contributed by atoms with van der Waals surface area (Å²) in [7, 11) is -7.24. The van der Waals surface area contributed by atoms with Gasteiger partial charge in [-0.1, -0.05) is 19.4 Å². The van der Waals surface area contributed by atoms with Crippen LogP contribution in [-0.4, -0.2) is 29.1 Å². The fraction of sp³-hybridized carbons (Fsp3) is 0.429. The molecule has 0 saturated heterocycles. The van der Waals surface area contributed by atoms with Crippen LogP contribution < -0.4 is 4.72 Å². The predicted molar refractivity (Wildman–Crippen MR) is 89.7 cm³/mol. The zero-order chi connectivity index (χ0) is 16.9. The van der Waals surface area contributed by atoms with Gasteiger partial charge in [0.05, 0.1) is 12.0 Å². The first-order valence-electron chi connectivity index (χ1n) is 7.15. The van der Waals surface area contributed by atoms with Crippen LogP contribution in [-0.2, 0) is 19.9 Å². The van der Waals surface area contributed by atoms with Gasteiger partial charge in [0.2, 0.25) is 10.0 Å². The maximum Gasteiger partial charge on any atom is 0.211 e. The number of hydrogen-bond acceptors (Lipinski definition) is 6. The lowest BCUT2D eigenvalue weighted by Crippen LogP contribution is -2.33. The molecule has 23 heavy (non-hydrogen) atoms. The highest BCUT2D eigenvalue weighted by Gasteiger charge is 2.33. The van der Waals surface area contributed by atoms with Crippen LogP contribution in [0.2, 0.25) is 0 Å². The molecule has 0 aliphatic carbocycles. The predicted octanol–water partition coefficient (Wildman–Crippen LogP) is 2.58. The van der Waals surface area contributed by atoms with Crippen molar-refractivity contribution < 1.29 is 21.3 Å². The molecule has 0 aliphatic heterocycles. The van der Waals surface area contributed by atoms with Crippen molar-refractivity contribution in [2.45, 2.75) is 29.2 Å². The van der Waals surface area contributed by atoms with Gasteiger partial charge in [-0.15, -0.1) is 11.3 Å². The van der Waals surface area contributed by atoms with Gasteiger partial charge in [0, 0.05) is 6.54 Å². The Balaban J connectivity index is 2.24. The van der Waals surface area contributed by atoms with Crippen LogP contribution >= 0.6 is 11.3 Å². The number of thiophene rings is 1. The van der Waals surface area contributed by atoms with E-state index >= 15 is 0 Å². The highest BCUT2D eigenvalue weighted by atomic mass is 32.2. The molecule has 0 aromatic carbocycles. The first-order valence-corrected chi connectivity index (χ1v) is 11.2. The number of sulfonamides is 1. The maximum atomic E-state index is 12.7. The second kappa shape index (κ2) is 7.61. The standard InChI is InChI=1S/C14H19NO5S3/c1-2-3-10-22(16,17)15-11-13(12-6-4-8-20-12)23(18,19)14-7-5-9-21-14/h4-9,13,15H,2-3,10-11H2,1H3. The molecular formula is C14H19NO5S3. The van der Waals surface area contributed by atoms with Crippen LogP contribution in [0, 0.1) is 0 Å². The number of sulfone groups is 1. The van der Waals surface area contributed by atoms with Crippen LogP contribution in [0.3, 0.4) is 0 Å². The Hall–Kier alpha value is -1.16. The Labute approximate surface area is 140 Å². The average Bonchev–Trinajstić information content (AvgIpc) is 3.18. The summed E-state index contributed by atoms with van der Waals surface area (Å²) in [6.07, 6.45) is 2.65. The van der Waals surface area contributed by atoms with E-state index in [9.17, 15) is 16.8 Å². The van der Waals surface area contributed by atoms with Crippen LogP contribution in [0.15, 0.2) is 44.5 Å². The smallest absolute Gasteiger partial charge is 0.211 e. The molecule has 1 unspecified atom stereocenters. The van der Waals surface area contributed by atoms with Crippen molar-refractivity contribution in [3.8, 4) is 0 Å². The molecule has 0 saturated carbocycles. The molecule has 0 radical (unpaired) electrons. The second-order valence-corrected chi connectivity index (χ2v) is 10.2. The molecule has 128 valence electrons. The van der Waals surface area contributed by atoms with Crippen LogP contribution in [0.5, 0.6) is 0 Å². The van der Waals surface area contributed by atoms with E-state index in [0.29, 0.717) is 6.42 Å². The first kappa shape index (κ1) is 18.2. The Morgan fingerprint density at radius 2 is 2.00 bits per heavy atom. The lowest BCUT2D eigenvalue weighted by Gasteiger charge is -2.15. The third-order valence-corrected chi connectivity index (χ3v) is 8.19. The fourth-order valence-electron chi connectivity index (χ4n) is 2.01. The SMILES string of the molecule is CCCCS(=O)(=O)NCC(c1ccco1)S(=O)(=O)c1cccs1. The van der Waals surface area contributed by atoms with E-state index in [2.05, 4.69) is 4.72 Å². The summed E-state index contributed by atoms with van der Waals surface area (Å²) in [6.45, 7) is 1.64. The van der Waals surface area contributed by atoms with Crippen LogP contribution in [0.4, 0.5) is 0 Å².